The van der Waals surface area contributed by atoms with Gasteiger partial charge in [0.15, 0.2) is 0 Å². The minimum absolute atomic E-state index is 0.215. The average Bonchev–Trinajstić information content (AvgIpc) is 2.32. The lowest BCUT2D eigenvalue weighted by molar-refractivity contribution is 0.435. The molecule has 2 aromatic heterocycles. The van der Waals surface area contributed by atoms with E-state index in [-0.39, 0.29) is 5.88 Å². The van der Waals surface area contributed by atoms with Crippen LogP contribution in [-0.4, -0.2) is 14.7 Å². The van der Waals surface area contributed by atoms with Crippen LogP contribution in [0.15, 0.2) is 12.3 Å². The van der Waals surface area contributed by atoms with Crippen molar-refractivity contribution in [3.8, 4) is 5.88 Å². The van der Waals surface area contributed by atoms with Crippen molar-refractivity contribution in [2.75, 3.05) is 5.73 Å². The molecule has 68 valence electrons. The molecule has 2 aromatic rings. The highest BCUT2D eigenvalue weighted by Crippen LogP contribution is 2.29. The Morgan fingerprint density at radius 2 is 2.23 bits per heavy atom. The van der Waals surface area contributed by atoms with Crippen LogP contribution in [0.2, 0.25) is 0 Å². The van der Waals surface area contributed by atoms with Gasteiger partial charge in [0, 0.05) is 12.7 Å². The molecule has 0 spiro atoms. The second kappa shape index (κ2) is 2.39. The first-order chi connectivity index (χ1) is 6.11. The van der Waals surface area contributed by atoms with Crippen molar-refractivity contribution >= 4 is 16.6 Å². The van der Waals surface area contributed by atoms with Crippen LogP contribution >= 0.6 is 0 Å². The molecule has 0 aliphatic rings. The van der Waals surface area contributed by atoms with Gasteiger partial charge in [-0.1, -0.05) is 0 Å². The van der Waals surface area contributed by atoms with Crippen LogP contribution in [0.25, 0.3) is 10.9 Å². The summed E-state index contributed by atoms with van der Waals surface area (Å²) in [7, 11) is 1.79. The summed E-state index contributed by atoms with van der Waals surface area (Å²) >= 11 is 0. The lowest BCUT2D eigenvalue weighted by Gasteiger charge is -1.95. The number of hydrogen-bond acceptors (Lipinski definition) is 3. The highest BCUT2D eigenvalue weighted by atomic mass is 16.3. The first kappa shape index (κ1) is 7.91. The smallest absolute Gasteiger partial charge is 0.200 e. The summed E-state index contributed by atoms with van der Waals surface area (Å²) in [6.45, 7) is 1.91. The maximum atomic E-state index is 9.67. The summed E-state index contributed by atoms with van der Waals surface area (Å²) < 4.78 is 1.69. The summed E-state index contributed by atoms with van der Waals surface area (Å²) in [5.74, 6) is 0.215. The first-order valence-corrected chi connectivity index (χ1v) is 4.00. The van der Waals surface area contributed by atoms with Gasteiger partial charge >= 0.3 is 0 Å². The number of hydrogen-bond donors (Lipinski definition) is 2. The minimum atomic E-state index is 0.215. The number of aryl methyl sites for hydroxylation is 1. The Bertz CT molecular complexity index is 473. The van der Waals surface area contributed by atoms with E-state index in [1.54, 1.807) is 23.9 Å². The summed E-state index contributed by atoms with van der Waals surface area (Å²) in [5.41, 5.74) is 7.87. The van der Waals surface area contributed by atoms with Gasteiger partial charge in [-0.15, -0.1) is 0 Å². The number of nitrogen functional groups attached to an aromatic ring is 1. The average molecular weight is 177 g/mol. The number of nitrogens with two attached hydrogens (primary N) is 1. The summed E-state index contributed by atoms with van der Waals surface area (Å²) in [6, 6.07) is 1.73. The van der Waals surface area contributed by atoms with Gasteiger partial charge < -0.3 is 15.4 Å². The third-order valence-electron chi connectivity index (χ3n) is 2.31. The maximum Gasteiger partial charge on any atom is 0.200 e. The fourth-order valence-corrected chi connectivity index (χ4v) is 1.44. The van der Waals surface area contributed by atoms with E-state index in [0.717, 1.165) is 11.2 Å². The Labute approximate surface area is 75.6 Å². The zero-order valence-corrected chi connectivity index (χ0v) is 7.57. The van der Waals surface area contributed by atoms with Crippen molar-refractivity contribution in [3.05, 3.63) is 18.0 Å². The van der Waals surface area contributed by atoms with Gasteiger partial charge in [-0.25, -0.2) is 0 Å². The molecule has 0 bridgehead atoms. The Balaban J connectivity index is 2.95. The van der Waals surface area contributed by atoms with Crippen LogP contribution in [0, 0.1) is 6.92 Å². The topological polar surface area (TPSA) is 64.1 Å². The third kappa shape index (κ3) is 0.950. The highest BCUT2D eigenvalue weighted by Gasteiger charge is 2.11. The summed E-state index contributed by atoms with van der Waals surface area (Å²) in [6.07, 6.45) is 1.59. The number of rotatable bonds is 0. The molecular weight excluding hydrogens is 166 g/mol. The second-order valence-corrected chi connectivity index (χ2v) is 3.13. The van der Waals surface area contributed by atoms with Crippen LogP contribution in [0.5, 0.6) is 5.88 Å². The standard InChI is InChI=1S/C9H11N3O/c1-5-8-7(9(13)12(5)2)3-6(10)4-11-8/h3-4,13H,10H2,1-2H3. The quantitative estimate of drug-likeness (QED) is 0.634. The lowest BCUT2D eigenvalue weighted by atomic mass is 10.3. The largest absolute Gasteiger partial charge is 0.494 e. The maximum absolute atomic E-state index is 9.67. The van der Waals surface area contributed by atoms with E-state index in [0.29, 0.717) is 11.1 Å². The van der Waals surface area contributed by atoms with Crippen LogP contribution in [0.3, 0.4) is 0 Å². The normalized spacial score (nSPS) is 10.9. The lowest BCUT2D eigenvalue weighted by Crippen LogP contribution is -1.88. The number of pyridine rings is 1. The Morgan fingerprint density at radius 3 is 2.92 bits per heavy atom. The molecule has 3 N–H and O–H groups in total. The Morgan fingerprint density at radius 1 is 1.54 bits per heavy atom. The molecule has 0 amide bonds. The molecule has 13 heavy (non-hydrogen) atoms. The number of anilines is 1. The summed E-state index contributed by atoms with van der Waals surface area (Å²) in [4.78, 5) is 4.16. The van der Waals surface area contributed by atoms with Gasteiger partial charge in [0.25, 0.3) is 0 Å². The van der Waals surface area contributed by atoms with Crippen LogP contribution in [0.1, 0.15) is 5.69 Å². The predicted octanol–water partition coefficient (Wildman–Crippen LogP) is 1.17. The molecule has 2 rings (SSSR count). The van der Waals surface area contributed by atoms with Crippen molar-refractivity contribution in [1.29, 1.82) is 0 Å². The molecule has 0 unspecified atom stereocenters. The molecule has 0 aliphatic heterocycles. The van der Waals surface area contributed by atoms with Crippen molar-refractivity contribution in [2.24, 2.45) is 7.05 Å². The van der Waals surface area contributed by atoms with Gasteiger partial charge in [-0.05, 0) is 13.0 Å². The fraction of sp³-hybridized carbons (Fsp3) is 0.222. The zero-order valence-electron chi connectivity index (χ0n) is 7.57. The van der Waals surface area contributed by atoms with Crippen molar-refractivity contribution in [3.63, 3.8) is 0 Å². The molecule has 0 aromatic carbocycles. The molecule has 4 heteroatoms. The molecule has 2 heterocycles. The van der Waals surface area contributed by atoms with E-state index in [9.17, 15) is 5.11 Å². The van der Waals surface area contributed by atoms with Gasteiger partial charge in [0.05, 0.1) is 22.8 Å². The fourth-order valence-electron chi connectivity index (χ4n) is 1.44. The SMILES string of the molecule is Cc1c2ncc(N)cc2c(O)n1C. The second-order valence-electron chi connectivity index (χ2n) is 3.13. The minimum Gasteiger partial charge on any atom is -0.494 e. The van der Waals surface area contributed by atoms with Gasteiger partial charge in [0.2, 0.25) is 5.88 Å². The highest BCUT2D eigenvalue weighted by molar-refractivity contribution is 5.89. The monoisotopic (exact) mass is 177 g/mol. The summed E-state index contributed by atoms with van der Waals surface area (Å²) in [5, 5.41) is 10.4. The van der Waals surface area contributed by atoms with Crippen LogP contribution in [-0.2, 0) is 7.05 Å². The molecule has 0 radical (unpaired) electrons. The van der Waals surface area contributed by atoms with Crippen molar-refractivity contribution < 1.29 is 5.11 Å². The zero-order chi connectivity index (χ0) is 9.59. The molecule has 0 saturated carbocycles. The van der Waals surface area contributed by atoms with E-state index in [4.69, 9.17) is 5.73 Å². The number of nitrogens with zero attached hydrogens (tertiary/aromatic N) is 2. The molecular formula is C9H11N3O. The Kier molecular flexibility index (Phi) is 1.45. The van der Waals surface area contributed by atoms with E-state index >= 15 is 0 Å². The van der Waals surface area contributed by atoms with Gasteiger partial charge in [0.1, 0.15) is 0 Å². The molecule has 4 nitrogen and oxygen atoms in total. The first-order valence-electron chi connectivity index (χ1n) is 4.00. The number of fused-ring (bicyclic) bond motifs is 1. The van der Waals surface area contributed by atoms with Crippen LogP contribution in [0.4, 0.5) is 5.69 Å². The molecule has 0 fully saturated rings. The molecule has 0 atom stereocenters. The van der Waals surface area contributed by atoms with Gasteiger partial charge in [-0.2, -0.15) is 0 Å². The van der Waals surface area contributed by atoms with Crippen LogP contribution < -0.4 is 5.73 Å². The van der Waals surface area contributed by atoms with E-state index in [2.05, 4.69) is 4.98 Å². The molecule has 0 saturated heterocycles. The molecule has 0 aliphatic carbocycles. The van der Waals surface area contributed by atoms with Crippen molar-refractivity contribution in [1.82, 2.24) is 9.55 Å². The van der Waals surface area contributed by atoms with Gasteiger partial charge in [-0.3, -0.25) is 4.98 Å². The third-order valence-corrected chi connectivity index (χ3v) is 2.31. The predicted molar refractivity (Wildman–Crippen MR) is 51.5 cm³/mol. The van der Waals surface area contributed by atoms with Crippen molar-refractivity contribution in [2.45, 2.75) is 6.92 Å². The Hall–Kier alpha value is -1.71. The number of aromatic hydroxyl groups is 1. The van der Waals surface area contributed by atoms with E-state index in [1.807, 2.05) is 6.92 Å². The number of aromatic nitrogens is 2. The van der Waals surface area contributed by atoms with E-state index in [1.165, 1.54) is 0 Å². The van der Waals surface area contributed by atoms with E-state index < -0.39 is 0 Å².